The van der Waals surface area contributed by atoms with Gasteiger partial charge in [-0.05, 0) is 12.8 Å². The summed E-state index contributed by atoms with van der Waals surface area (Å²) in [6.07, 6.45) is 5.72. The molecule has 0 radical (unpaired) electrons. The summed E-state index contributed by atoms with van der Waals surface area (Å²) in [6, 6.07) is 0. The topological polar surface area (TPSA) is 66.6 Å². The number of rotatable bonds is 3. The van der Waals surface area contributed by atoms with Gasteiger partial charge in [0.25, 0.3) is 0 Å². The van der Waals surface area contributed by atoms with Crippen LogP contribution < -0.4 is 5.73 Å². The molecule has 0 spiro atoms. The molecule has 0 aromatic carbocycles. The van der Waals surface area contributed by atoms with Crippen molar-refractivity contribution in [2.45, 2.75) is 39.0 Å². The summed E-state index contributed by atoms with van der Waals surface area (Å²) < 4.78 is 0. The van der Waals surface area contributed by atoms with E-state index in [0.29, 0.717) is 38.6 Å². The highest BCUT2D eigenvalue weighted by atomic mass is 35.5. The summed E-state index contributed by atoms with van der Waals surface area (Å²) in [4.78, 5) is 28.3. The second-order valence-corrected chi connectivity index (χ2v) is 6.12. The average Bonchev–Trinajstić information content (AvgIpc) is 2.53. The Morgan fingerprint density at radius 1 is 1.05 bits per heavy atom. The maximum Gasteiger partial charge on any atom is 0.226 e. The van der Waals surface area contributed by atoms with E-state index in [1.54, 1.807) is 0 Å². The first-order valence-electron chi connectivity index (χ1n) is 7.91. The molecule has 122 valence electrons. The van der Waals surface area contributed by atoms with Crippen LogP contribution in [0.2, 0.25) is 0 Å². The van der Waals surface area contributed by atoms with E-state index >= 15 is 0 Å². The zero-order valence-corrected chi connectivity index (χ0v) is 13.7. The van der Waals surface area contributed by atoms with E-state index < -0.39 is 0 Å². The Kier molecular flexibility index (Phi) is 7.46. The summed E-state index contributed by atoms with van der Waals surface area (Å²) >= 11 is 0. The van der Waals surface area contributed by atoms with Crippen LogP contribution in [0, 0.1) is 11.8 Å². The van der Waals surface area contributed by atoms with Crippen molar-refractivity contribution in [3.05, 3.63) is 0 Å². The first kappa shape index (κ1) is 18.2. The monoisotopic (exact) mass is 317 g/mol. The third-order valence-corrected chi connectivity index (χ3v) is 4.63. The first-order valence-corrected chi connectivity index (χ1v) is 7.91. The molecule has 1 aliphatic carbocycles. The lowest BCUT2D eigenvalue weighted by Crippen LogP contribution is -2.53. The van der Waals surface area contributed by atoms with Crippen molar-refractivity contribution >= 4 is 24.2 Å². The highest BCUT2D eigenvalue weighted by Gasteiger charge is 2.30. The van der Waals surface area contributed by atoms with Crippen LogP contribution in [0.15, 0.2) is 0 Å². The summed E-state index contributed by atoms with van der Waals surface area (Å²) in [5.74, 6) is 0.547. The molecule has 2 rings (SSSR count). The molecule has 1 atom stereocenters. The molecule has 1 heterocycles. The predicted molar refractivity (Wildman–Crippen MR) is 85.2 cm³/mol. The fourth-order valence-corrected chi connectivity index (χ4v) is 3.17. The molecular weight excluding hydrogens is 290 g/mol. The Balaban J connectivity index is 0.00000220. The Morgan fingerprint density at radius 3 is 2.10 bits per heavy atom. The minimum Gasteiger partial charge on any atom is -0.339 e. The molecule has 21 heavy (non-hydrogen) atoms. The molecule has 1 unspecified atom stereocenters. The third-order valence-electron chi connectivity index (χ3n) is 4.63. The Morgan fingerprint density at radius 2 is 1.57 bits per heavy atom. The highest BCUT2D eigenvalue weighted by molar-refractivity contribution is 5.85. The minimum atomic E-state index is -0.115. The van der Waals surface area contributed by atoms with Crippen LogP contribution in [0.3, 0.4) is 0 Å². The third kappa shape index (κ3) is 4.58. The molecule has 2 N–H and O–H groups in total. The zero-order chi connectivity index (χ0) is 14.5. The summed E-state index contributed by atoms with van der Waals surface area (Å²) in [6.45, 7) is 4.92. The normalized spacial score (nSPS) is 21.6. The van der Waals surface area contributed by atoms with Gasteiger partial charge in [0.2, 0.25) is 11.8 Å². The van der Waals surface area contributed by atoms with E-state index in [4.69, 9.17) is 5.73 Å². The van der Waals surface area contributed by atoms with Gasteiger partial charge in [-0.15, -0.1) is 12.4 Å². The Bertz CT molecular complexity index is 351. The fourth-order valence-electron chi connectivity index (χ4n) is 3.17. The van der Waals surface area contributed by atoms with Crippen LogP contribution in [0.4, 0.5) is 0 Å². The Labute approximate surface area is 133 Å². The van der Waals surface area contributed by atoms with Crippen molar-refractivity contribution in [3.63, 3.8) is 0 Å². The summed E-state index contributed by atoms with van der Waals surface area (Å²) in [7, 11) is 0. The van der Waals surface area contributed by atoms with Gasteiger partial charge < -0.3 is 15.5 Å². The maximum absolute atomic E-state index is 12.4. The van der Waals surface area contributed by atoms with E-state index in [1.165, 1.54) is 19.3 Å². The number of hydrogen-bond acceptors (Lipinski definition) is 3. The largest absolute Gasteiger partial charge is 0.339 e. The van der Waals surface area contributed by atoms with E-state index in [2.05, 4.69) is 0 Å². The standard InChI is InChI=1S/C15H27N3O2.ClH/c1-12(11-16)14(19)17-7-9-18(10-8-17)15(20)13-5-3-2-4-6-13;/h12-13H,2-11,16H2,1H3;1H. The molecule has 1 aliphatic heterocycles. The van der Waals surface area contributed by atoms with Gasteiger partial charge in [-0.25, -0.2) is 0 Å². The van der Waals surface area contributed by atoms with Crippen molar-refractivity contribution in [1.29, 1.82) is 0 Å². The number of amides is 2. The lowest BCUT2D eigenvalue weighted by Gasteiger charge is -2.38. The van der Waals surface area contributed by atoms with E-state index in [0.717, 1.165) is 12.8 Å². The van der Waals surface area contributed by atoms with Crippen molar-refractivity contribution in [3.8, 4) is 0 Å². The smallest absolute Gasteiger partial charge is 0.226 e. The van der Waals surface area contributed by atoms with Crippen molar-refractivity contribution < 1.29 is 9.59 Å². The number of piperazine rings is 1. The average molecular weight is 318 g/mol. The van der Waals surface area contributed by atoms with Crippen LogP contribution in [0.25, 0.3) is 0 Å². The van der Waals surface area contributed by atoms with Gasteiger partial charge >= 0.3 is 0 Å². The molecule has 0 bridgehead atoms. The second kappa shape index (κ2) is 8.59. The molecule has 1 saturated heterocycles. The lowest BCUT2D eigenvalue weighted by molar-refractivity contribution is -0.144. The molecule has 2 amide bonds. The number of halogens is 1. The first-order chi connectivity index (χ1) is 9.63. The second-order valence-electron chi connectivity index (χ2n) is 6.12. The van der Waals surface area contributed by atoms with Gasteiger partial charge in [0.05, 0.1) is 0 Å². The molecule has 0 aromatic rings. The Hall–Kier alpha value is -0.810. The zero-order valence-electron chi connectivity index (χ0n) is 12.9. The number of hydrogen-bond donors (Lipinski definition) is 1. The van der Waals surface area contributed by atoms with Crippen molar-refractivity contribution in [2.24, 2.45) is 17.6 Å². The van der Waals surface area contributed by atoms with Gasteiger partial charge in [0, 0.05) is 44.6 Å². The summed E-state index contributed by atoms with van der Waals surface area (Å²) in [5.41, 5.74) is 5.54. The lowest BCUT2D eigenvalue weighted by atomic mass is 9.88. The molecule has 2 aliphatic rings. The number of carbonyl (C=O) groups excluding carboxylic acids is 2. The van der Waals surface area contributed by atoms with Crippen LogP contribution in [-0.2, 0) is 9.59 Å². The van der Waals surface area contributed by atoms with Crippen LogP contribution in [0.1, 0.15) is 39.0 Å². The van der Waals surface area contributed by atoms with E-state index in [1.807, 2.05) is 16.7 Å². The molecule has 1 saturated carbocycles. The molecule has 6 heteroatoms. The van der Waals surface area contributed by atoms with Gasteiger partial charge in [-0.1, -0.05) is 26.2 Å². The number of nitrogens with zero attached hydrogens (tertiary/aromatic N) is 2. The molecular formula is C15H28ClN3O2. The predicted octanol–water partition coefficient (Wildman–Crippen LogP) is 1.25. The van der Waals surface area contributed by atoms with E-state index in [9.17, 15) is 9.59 Å². The van der Waals surface area contributed by atoms with Crippen LogP contribution in [0.5, 0.6) is 0 Å². The fraction of sp³-hybridized carbons (Fsp3) is 0.867. The van der Waals surface area contributed by atoms with Gasteiger partial charge in [-0.2, -0.15) is 0 Å². The minimum absolute atomic E-state index is 0. The quantitative estimate of drug-likeness (QED) is 0.852. The maximum atomic E-state index is 12.4. The number of nitrogens with two attached hydrogens (primary N) is 1. The van der Waals surface area contributed by atoms with Crippen LogP contribution in [-0.4, -0.2) is 54.3 Å². The van der Waals surface area contributed by atoms with E-state index in [-0.39, 0.29) is 30.2 Å². The van der Waals surface area contributed by atoms with Gasteiger partial charge in [0.1, 0.15) is 0 Å². The SMILES string of the molecule is CC(CN)C(=O)N1CCN(C(=O)C2CCCCC2)CC1.Cl. The molecule has 2 fully saturated rings. The summed E-state index contributed by atoms with van der Waals surface area (Å²) in [5, 5.41) is 0. The van der Waals surface area contributed by atoms with Crippen molar-refractivity contribution in [2.75, 3.05) is 32.7 Å². The van der Waals surface area contributed by atoms with Crippen molar-refractivity contribution in [1.82, 2.24) is 9.80 Å². The van der Waals surface area contributed by atoms with Gasteiger partial charge in [-0.3, -0.25) is 9.59 Å². The van der Waals surface area contributed by atoms with Crippen LogP contribution >= 0.6 is 12.4 Å². The highest BCUT2D eigenvalue weighted by Crippen LogP contribution is 2.25. The van der Waals surface area contributed by atoms with Gasteiger partial charge in [0.15, 0.2) is 0 Å². The molecule has 0 aromatic heterocycles. The number of carbonyl (C=O) groups is 2. The molecule has 5 nitrogen and oxygen atoms in total.